The highest BCUT2D eigenvalue weighted by atomic mass is 16.6. The number of nitrogens with one attached hydrogen (secondary N) is 1. The number of amides is 1. The Morgan fingerprint density at radius 3 is 2.75 bits per heavy atom. The van der Waals surface area contributed by atoms with Gasteiger partial charge in [-0.3, -0.25) is 4.90 Å². The Balaban J connectivity index is 1.96. The average Bonchev–Trinajstić information content (AvgIpc) is 2.90. The number of carbonyl (C=O) groups excluding carboxylic acids is 1. The van der Waals surface area contributed by atoms with Crippen LogP contribution in [-0.4, -0.2) is 78.9 Å². The smallest absolute Gasteiger partial charge is 0.407 e. The van der Waals surface area contributed by atoms with Gasteiger partial charge in [0.15, 0.2) is 0 Å². The van der Waals surface area contributed by atoms with Crippen molar-refractivity contribution >= 4 is 6.09 Å². The van der Waals surface area contributed by atoms with Crippen LogP contribution in [0.3, 0.4) is 0 Å². The lowest BCUT2D eigenvalue weighted by atomic mass is 9.96. The zero-order chi connectivity index (χ0) is 17.8. The number of rotatable bonds is 5. The Bertz CT molecular complexity index is 426. The Morgan fingerprint density at radius 1 is 1.42 bits per heavy atom. The first-order valence-corrected chi connectivity index (χ1v) is 8.80. The molecule has 0 spiro atoms. The van der Waals surface area contributed by atoms with Crippen molar-refractivity contribution in [2.75, 3.05) is 39.5 Å². The summed E-state index contributed by atoms with van der Waals surface area (Å²) in [5, 5.41) is 12.8. The molecule has 2 rings (SSSR count). The van der Waals surface area contributed by atoms with Crippen LogP contribution in [0.5, 0.6) is 0 Å². The molecule has 0 radical (unpaired) electrons. The first kappa shape index (κ1) is 19.4. The minimum atomic E-state index is -0.635. The number of ether oxygens (including phenoxy) is 3. The zero-order valence-electron chi connectivity index (χ0n) is 15.3. The second kappa shape index (κ2) is 7.99. The fourth-order valence-corrected chi connectivity index (χ4v) is 3.23. The van der Waals surface area contributed by atoms with Gasteiger partial charge >= 0.3 is 6.09 Å². The summed E-state index contributed by atoms with van der Waals surface area (Å²) in [6.45, 7) is 10.2. The van der Waals surface area contributed by atoms with Crippen molar-refractivity contribution in [1.82, 2.24) is 10.2 Å². The number of hydrogen-bond acceptors (Lipinski definition) is 6. The molecule has 0 aromatic rings. The highest BCUT2D eigenvalue weighted by Gasteiger charge is 2.41. The third-order valence-electron chi connectivity index (χ3n) is 4.55. The van der Waals surface area contributed by atoms with Crippen molar-refractivity contribution in [3.63, 3.8) is 0 Å². The molecule has 2 saturated heterocycles. The van der Waals surface area contributed by atoms with Crippen molar-refractivity contribution in [3.05, 3.63) is 0 Å². The Kier molecular flexibility index (Phi) is 6.47. The number of carbonyl (C=O) groups is 1. The van der Waals surface area contributed by atoms with E-state index in [0.717, 1.165) is 19.4 Å². The molecule has 2 fully saturated rings. The third kappa shape index (κ3) is 5.31. The highest BCUT2D eigenvalue weighted by Crippen LogP contribution is 2.25. The van der Waals surface area contributed by atoms with Crippen molar-refractivity contribution < 1.29 is 24.1 Å². The molecule has 2 aliphatic heterocycles. The van der Waals surface area contributed by atoms with Gasteiger partial charge in [0, 0.05) is 19.6 Å². The van der Waals surface area contributed by atoms with Gasteiger partial charge in [-0.05, 0) is 40.5 Å². The lowest BCUT2D eigenvalue weighted by Gasteiger charge is -2.46. The van der Waals surface area contributed by atoms with Gasteiger partial charge in [-0.1, -0.05) is 0 Å². The summed E-state index contributed by atoms with van der Waals surface area (Å²) in [5.41, 5.74) is -1.18. The van der Waals surface area contributed by atoms with E-state index in [9.17, 15) is 9.90 Å². The molecule has 140 valence electrons. The quantitative estimate of drug-likeness (QED) is 0.779. The van der Waals surface area contributed by atoms with Gasteiger partial charge in [0.2, 0.25) is 0 Å². The van der Waals surface area contributed by atoms with E-state index in [2.05, 4.69) is 17.1 Å². The summed E-state index contributed by atoms with van der Waals surface area (Å²) in [5.74, 6) is 0. The number of aliphatic hydroxyl groups is 1. The predicted octanol–water partition coefficient (Wildman–Crippen LogP) is 1.14. The SMILES string of the molecule is CC1CCC(CN2CCOCC2(CO)CNC(=O)OC(C)(C)C)O1. The number of nitrogens with zero attached hydrogens (tertiary/aromatic N) is 1. The molecule has 2 N–H and O–H groups in total. The average molecular weight is 344 g/mol. The van der Waals surface area contributed by atoms with Crippen LogP contribution >= 0.6 is 0 Å². The van der Waals surface area contributed by atoms with Gasteiger partial charge in [-0.25, -0.2) is 4.79 Å². The molecule has 0 bridgehead atoms. The van der Waals surface area contributed by atoms with E-state index in [4.69, 9.17) is 14.2 Å². The van der Waals surface area contributed by atoms with Crippen molar-refractivity contribution in [3.8, 4) is 0 Å². The molecule has 7 heteroatoms. The van der Waals surface area contributed by atoms with E-state index < -0.39 is 17.2 Å². The van der Waals surface area contributed by atoms with Gasteiger partial charge in [0.25, 0.3) is 0 Å². The van der Waals surface area contributed by atoms with Crippen molar-refractivity contribution in [2.45, 2.75) is 63.9 Å². The van der Waals surface area contributed by atoms with E-state index >= 15 is 0 Å². The Labute approximate surface area is 144 Å². The molecule has 2 heterocycles. The van der Waals surface area contributed by atoms with E-state index in [1.165, 1.54) is 0 Å². The van der Waals surface area contributed by atoms with Crippen LogP contribution in [0.25, 0.3) is 0 Å². The zero-order valence-corrected chi connectivity index (χ0v) is 15.3. The van der Waals surface area contributed by atoms with Gasteiger partial charge < -0.3 is 24.6 Å². The van der Waals surface area contributed by atoms with Crippen molar-refractivity contribution in [1.29, 1.82) is 0 Å². The van der Waals surface area contributed by atoms with Gasteiger partial charge in [-0.2, -0.15) is 0 Å². The molecular weight excluding hydrogens is 312 g/mol. The molecule has 0 aliphatic carbocycles. The van der Waals surface area contributed by atoms with E-state index in [1.54, 1.807) is 0 Å². The van der Waals surface area contributed by atoms with E-state index in [-0.39, 0.29) is 19.3 Å². The highest BCUT2D eigenvalue weighted by molar-refractivity contribution is 5.67. The maximum Gasteiger partial charge on any atom is 0.407 e. The Hall–Kier alpha value is -0.890. The summed E-state index contributed by atoms with van der Waals surface area (Å²) in [6.07, 6.45) is 2.08. The topological polar surface area (TPSA) is 80.3 Å². The molecule has 2 aliphatic rings. The van der Waals surface area contributed by atoms with Gasteiger partial charge in [0.05, 0.1) is 37.6 Å². The van der Waals surface area contributed by atoms with Crippen LogP contribution in [0.1, 0.15) is 40.5 Å². The molecule has 7 nitrogen and oxygen atoms in total. The standard InChI is InChI=1S/C17H32N2O5/c1-13-5-6-14(23-13)9-19-7-8-22-12-17(19,11-20)10-18-15(21)24-16(2,3)4/h13-14,20H,5-12H2,1-4H3,(H,18,21). The van der Waals surface area contributed by atoms with E-state index in [1.807, 2.05) is 20.8 Å². The third-order valence-corrected chi connectivity index (χ3v) is 4.55. The molecule has 1 amide bonds. The molecule has 0 aromatic carbocycles. The van der Waals surface area contributed by atoms with Crippen LogP contribution < -0.4 is 5.32 Å². The van der Waals surface area contributed by atoms with Crippen LogP contribution in [0.4, 0.5) is 4.79 Å². The lowest BCUT2D eigenvalue weighted by molar-refractivity contribution is -0.106. The molecule has 3 unspecified atom stereocenters. The van der Waals surface area contributed by atoms with Crippen LogP contribution in [0, 0.1) is 0 Å². The largest absolute Gasteiger partial charge is 0.444 e. The maximum absolute atomic E-state index is 12.0. The summed E-state index contributed by atoms with van der Waals surface area (Å²) in [4.78, 5) is 14.1. The minimum absolute atomic E-state index is 0.0922. The molecule has 24 heavy (non-hydrogen) atoms. The second-order valence-electron chi connectivity index (χ2n) is 7.88. The van der Waals surface area contributed by atoms with Crippen LogP contribution in [-0.2, 0) is 14.2 Å². The number of hydrogen-bond donors (Lipinski definition) is 2. The summed E-state index contributed by atoms with van der Waals surface area (Å²) in [6, 6.07) is 0. The number of alkyl carbamates (subject to hydrolysis) is 1. The van der Waals surface area contributed by atoms with Gasteiger partial charge in [-0.15, -0.1) is 0 Å². The Morgan fingerprint density at radius 2 is 2.17 bits per heavy atom. The number of morpholine rings is 1. The molecular formula is C17H32N2O5. The fraction of sp³-hybridized carbons (Fsp3) is 0.941. The molecule has 0 saturated carbocycles. The summed E-state index contributed by atoms with van der Waals surface area (Å²) in [7, 11) is 0. The van der Waals surface area contributed by atoms with Crippen LogP contribution in [0.2, 0.25) is 0 Å². The minimum Gasteiger partial charge on any atom is -0.444 e. The molecule has 0 aromatic heterocycles. The maximum atomic E-state index is 12.0. The van der Waals surface area contributed by atoms with Crippen LogP contribution in [0.15, 0.2) is 0 Å². The first-order chi connectivity index (χ1) is 11.2. The monoisotopic (exact) mass is 344 g/mol. The summed E-state index contributed by atoms with van der Waals surface area (Å²) >= 11 is 0. The van der Waals surface area contributed by atoms with Gasteiger partial charge in [0.1, 0.15) is 5.60 Å². The second-order valence-corrected chi connectivity index (χ2v) is 7.88. The number of aliphatic hydroxyl groups excluding tert-OH is 1. The first-order valence-electron chi connectivity index (χ1n) is 8.80. The van der Waals surface area contributed by atoms with E-state index in [0.29, 0.717) is 25.9 Å². The summed E-state index contributed by atoms with van der Waals surface area (Å²) < 4.78 is 16.8. The molecule has 3 atom stereocenters. The fourth-order valence-electron chi connectivity index (χ4n) is 3.23. The predicted molar refractivity (Wildman–Crippen MR) is 90.0 cm³/mol. The lowest BCUT2D eigenvalue weighted by Crippen LogP contribution is -2.65. The normalized spacial score (nSPS) is 31.9. The van der Waals surface area contributed by atoms with Crippen molar-refractivity contribution in [2.24, 2.45) is 0 Å².